The number of carbonyl (C=O) groups excluding carboxylic acids is 3. The van der Waals surface area contributed by atoms with Gasteiger partial charge in [-0.1, -0.05) is 246 Å². The van der Waals surface area contributed by atoms with Gasteiger partial charge in [0.2, 0.25) is 0 Å². The summed E-state index contributed by atoms with van der Waals surface area (Å²) in [7, 11) is 0. The van der Waals surface area contributed by atoms with Gasteiger partial charge in [-0.05, 0) is 25.2 Å². The number of ether oxygens (including phenoxy) is 3. The Hall–Kier alpha value is -1.59. The highest BCUT2D eigenvalue weighted by molar-refractivity contribution is 5.71. The monoisotopic (exact) mass is 807 g/mol. The molecule has 0 spiro atoms. The first-order valence-corrected chi connectivity index (χ1v) is 25.4. The Morgan fingerprint density at radius 3 is 0.912 bits per heavy atom. The standard InChI is InChI=1S/C51H98O6/c1-5-8-10-12-14-15-16-17-21-25-28-32-36-40-44-51(54)57-48(45-55-49(52)42-38-34-29-13-11-9-6-2)46-56-50(53)43-39-35-31-27-24-22-19-18-20-23-26-30-33-37-41-47(4)7-3/h47-48H,5-46H2,1-4H3/t47?,48-/m0/s1. The second kappa shape index (κ2) is 45.5. The van der Waals surface area contributed by atoms with Crippen LogP contribution in [0.1, 0.15) is 285 Å². The molecule has 0 radical (unpaired) electrons. The lowest BCUT2D eigenvalue weighted by Crippen LogP contribution is -2.30. The third-order valence-corrected chi connectivity index (χ3v) is 11.9. The predicted molar refractivity (Wildman–Crippen MR) is 243 cm³/mol. The van der Waals surface area contributed by atoms with Gasteiger partial charge in [0.15, 0.2) is 6.10 Å². The quantitative estimate of drug-likeness (QED) is 0.0346. The lowest BCUT2D eigenvalue weighted by atomic mass is 9.99. The zero-order chi connectivity index (χ0) is 41.7. The van der Waals surface area contributed by atoms with E-state index >= 15 is 0 Å². The molecule has 0 saturated heterocycles. The van der Waals surface area contributed by atoms with Crippen molar-refractivity contribution in [2.75, 3.05) is 13.2 Å². The van der Waals surface area contributed by atoms with Crippen molar-refractivity contribution in [1.82, 2.24) is 0 Å². The molecule has 0 N–H and O–H groups in total. The van der Waals surface area contributed by atoms with Crippen LogP contribution >= 0.6 is 0 Å². The lowest BCUT2D eigenvalue weighted by Gasteiger charge is -2.18. The van der Waals surface area contributed by atoms with E-state index in [1.165, 1.54) is 180 Å². The van der Waals surface area contributed by atoms with E-state index < -0.39 is 6.10 Å². The molecule has 0 fully saturated rings. The molecule has 0 amide bonds. The molecule has 1 unspecified atom stereocenters. The average Bonchev–Trinajstić information content (AvgIpc) is 3.21. The number of carbonyl (C=O) groups is 3. The summed E-state index contributed by atoms with van der Waals surface area (Å²) >= 11 is 0. The molecule has 57 heavy (non-hydrogen) atoms. The molecule has 0 aliphatic rings. The van der Waals surface area contributed by atoms with E-state index in [-0.39, 0.29) is 31.1 Å². The van der Waals surface area contributed by atoms with Crippen LogP contribution in [0, 0.1) is 5.92 Å². The van der Waals surface area contributed by atoms with Crippen molar-refractivity contribution in [3.63, 3.8) is 0 Å². The molecular formula is C51H98O6. The van der Waals surface area contributed by atoms with Crippen LogP contribution in [-0.4, -0.2) is 37.2 Å². The zero-order valence-electron chi connectivity index (χ0n) is 38.8. The number of rotatable bonds is 46. The zero-order valence-corrected chi connectivity index (χ0v) is 38.8. The summed E-state index contributed by atoms with van der Waals surface area (Å²) < 4.78 is 16.7. The van der Waals surface area contributed by atoms with Gasteiger partial charge in [0.05, 0.1) is 0 Å². The second-order valence-electron chi connectivity index (χ2n) is 17.7. The van der Waals surface area contributed by atoms with Crippen molar-refractivity contribution in [1.29, 1.82) is 0 Å². The molecule has 338 valence electrons. The van der Waals surface area contributed by atoms with Gasteiger partial charge in [0.1, 0.15) is 13.2 Å². The number of hydrogen-bond acceptors (Lipinski definition) is 6. The summed E-state index contributed by atoms with van der Waals surface area (Å²) in [5.74, 6) is 0.0435. The fraction of sp³-hybridized carbons (Fsp3) is 0.941. The average molecular weight is 807 g/mol. The summed E-state index contributed by atoms with van der Waals surface area (Å²) in [6.45, 7) is 9.03. The van der Waals surface area contributed by atoms with Crippen LogP contribution in [0.4, 0.5) is 0 Å². The lowest BCUT2D eigenvalue weighted by molar-refractivity contribution is -0.167. The van der Waals surface area contributed by atoms with Crippen molar-refractivity contribution < 1.29 is 28.6 Å². The van der Waals surface area contributed by atoms with Crippen molar-refractivity contribution in [2.24, 2.45) is 5.92 Å². The molecule has 0 aromatic carbocycles. The van der Waals surface area contributed by atoms with Crippen molar-refractivity contribution in [3.8, 4) is 0 Å². The summed E-state index contributed by atoms with van der Waals surface area (Å²) in [5.41, 5.74) is 0. The topological polar surface area (TPSA) is 78.9 Å². The molecule has 0 bridgehead atoms. The Morgan fingerprint density at radius 1 is 0.351 bits per heavy atom. The normalized spacial score (nSPS) is 12.4. The number of unbranched alkanes of at least 4 members (excludes halogenated alkanes) is 32. The first-order valence-electron chi connectivity index (χ1n) is 25.4. The van der Waals surface area contributed by atoms with Gasteiger partial charge >= 0.3 is 17.9 Å². The summed E-state index contributed by atoms with van der Waals surface area (Å²) in [6.07, 6.45) is 46.6. The molecular weight excluding hydrogens is 709 g/mol. The van der Waals surface area contributed by atoms with Crippen LogP contribution in [0.15, 0.2) is 0 Å². The molecule has 0 aromatic rings. The minimum absolute atomic E-state index is 0.0632. The Labute approximate surface area is 355 Å². The van der Waals surface area contributed by atoms with E-state index in [1.807, 2.05) is 0 Å². The number of hydrogen-bond donors (Lipinski definition) is 0. The van der Waals surface area contributed by atoms with Gasteiger partial charge in [0.25, 0.3) is 0 Å². The third kappa shape index (κ3) is 43.8. The molecule has 0 aliphatic carbocycles. The molecule has 0 aliphatic heterocycles. The summed E-state index contributed by atoms with van der Waals surface area (Å²) in [4.78, 5) is 37.7. The first kappa shape index (κ1) is 55.4. The summed E-state index contributed by atoms with van der Waals surface area (Å²) in [6, 6.07) is 0. The maximum absolute atomic E-state index is 12.7. The Kier molecular flexibility index (Phi) is 44.2. The molecule has 0 heterocycles. The van der Waals surface area contributed by atoms with Crippen LogP contribution in [0.2, 0.25) is 0 Å². The minimum atomic E-state index is -0.759. The van der Waals surface area contributed by atoms with Crippen LogP contribution in [0.3, 0.4) is 0 Å². The van der Waals surface area contributed by atoms with Gasteiger partial charge < -0.3 is 14.2 Å². The molecule has 0 rings (SSSR count). The maximum Gasteiger partial charge on any atom is 0.306 e. The van der Waals surface area contributed by atoms with E-state index in [0.29, 0.717) is 19.3 Å². The largest absolute Gasteiger partial charge is 0.462 e. The maximum atomic E-state index is 12.7. The van der Waals surface area contributed by atoms with E-state index in [1.54, 1.807) is 0 Å². The fourth-order valence-electron chi connectivity index (χ4n) is 7.66. The van der Waals surface area contributed by atoms with Gasteiger partial charge in [0, 0.05) is 19.3 Å². The minimum Gasteiger partial charge on any atom is -0.462 e. The van der Waals surface area contributed by atoms with Crippen molar-refractivity contribution in [3.05, 3.63) is 0 Å². The third-order valence-electron chi connectivity index (χ3n) is 11.9. The first-order chi connectivity index (χ1) is 27.9. The SMILES string of the molecule is CCCCCCCCCCCCCCCCC(=O)O[C@@H](COC(=O)CCCCCCCCC)COC(=O)CCCCCCCCCCCCCCCCC(C)CC. The van der Waals surface area contributed by atoms with Crippen LogP contribution in [0.5, 0.6) is 0 Å². The van der Waals surface area contributed by atoms with Crippen molar-refractivity contribution >= 4 is 17.9 Å². The van der Waals surface area contributed by atoms with Crippen LogP contribution < -0.4 is 0 Å². The van der Waals surface area contributed by atoms with Crippen LogP contribution in [-0.2, 0) is 28.6 Å². The van der Waals surface area contributed by atoms with E-state index in [0.717, 1.165) is 63.7 Å². The Bertz CT molecular complexity index is 859. The van der Waals surface area contributed by atoms with Gasteiger partial charge in [-0.25, -0.2) is 0 Å². The summed E-state index contributed by atoms with van der Waals surface area (Å²) in [5, 5.41) is 0. The van der Waals surface area contributed by atoms with Crippen molar-refractivity contribution in [2.45, 2.75) is 291 Å². The second-order valence-corrected chi connectivity index (χ2v) is 17.7. The fourth-order valence-corrected chi connectivity index (χ4v) is 7.66. The predicted octanol–water partition coefficient (Wildman–Crippen LogP) is 16.3. The van der Waals surface area contributed by atoms with E-state index in [9.17, 15) is 14.4 Å². The highest BCUT2D eigenvalue weighted by atomic mass is 16.6. The van der Waals surface area contributed by atoms with Gasteiger partial charge in [-0.3, -0.25) is 14.4 Å². The molecule has 0 aromatic heterocycles. The molecule has 2 atom stereocenters. The molecule has 6 nitrogen and oxygen atoms in total. The number of esters is 3. The Balaban J connectivity index is 4.19. The van der Waals surface area contributed by atoms with E-state index in [4.69, 9.17) is 14.2 Å². The Morgan fingerprint density at radius 2 is 0.614 bits per heavy atom. The van der Waals surface area contributed by atoms with Gasteiger partial charge in [-0.2, -0.15) is 0 Å². The smallest absolute Gasteiger partial charge is 0.306 e. The highest BCUT2D eigenvalue weighted by Gasteiger charge is 2.19. The van der Waals surface area contributed by atoms with Gasteiger partial charge in [-0.15, -0.1) is 0 Å². The molecule has 6 heteroatoms. The highest BCUT2D eigenvalue weighted by Crippen LogP contribution is 2.17. The van der Waals surface area contributed by atoms with Crippen LogP contribution in [0.25, 0.3) is 0 Å². The van der Waals surface area contributed by atoms with E-state index in [2.05, 4.69) is 27.7 Å². The molecule has 0 saturated carbocycles.